The zero-order chi connectivity index (χ0) is 17.4. The van der Waals surface area contributed by atoms with Crippen molar-refractivity contribution in [3.05, 3.63) is 46.8 Å². The lowest BCUT2D eigenvalue weighted by Gasteiger charge is -2.33. The Balaban J connectivity index is 0.00000196. The SMILES string of the molecule is CCc1ccc(-n2nc(C(=O)N3CCNC[C@H]3C)c3c2CCC3)cc1.Cl. The third-order valence-electron chi connectivity index (χ3n) is 5.48. The number of nitrogens with zero attached hydrogens (tertiary/aromatic N) is 3. The summed E-state index contributed by atoms with van der Waals surface area (Å²) in [7, 11) is 0. The summed E-state index contributed by atoms with van der Waals surface area (Å²) in [5.41, 5.74) is 5.42. The molecule has 140 valence electrons. The summed E-state index contributed by atoms with van der Waals surface area (Å²) in [6.45, 7) is 6.73. The summed E-state index contributed by atoms with van der Waals surface area (Å²) in [4.78, 5) is 15.1. The molecule has 0 radical (unpaired) electrons. The lowest BCUT2D eigenvalue weighted by molar-refractivity contribution is 0.0648. The number of benzene rings is 1. The first-order valence-electron chi connectivity index (χ1n) is 9.40. The zero-order valence-electron chi connectivity index (χ0n) is 15.5. The Bertz CT molecular complexity index is 784. The minimum atomic E-state index is 0. The van der Waals surface area contributed by atoms with Gasteiger partial charge in [0.2, 0.25) is 0 Å². The number of halogens is 1. The number of aromatic nitrogens is 2. The van der Waals surface area contributed by atoms with Crippen LogP contribution in [0.3, 0.4) is 0 Å². The molecule has 1 aromatic carbocycles. The van der Waals surface area contributed by atoms with E-state index in [9.17, 15) is 4.79 Å². The first kappa shape index (κ1) is 18.9. The van der Waals surface area contributed by atoms with E-state index in [2.05, 4.69) is 43.4 Å². The van der Waals surface area contributed by atoms with Crippen LogP contribution in [-0.2, 0) is 19.3 Å². The van der Waals surface area contributed by atoms with Crippen molar-refractivity contribution in [1.82, 2.24) is 20.0 Å². The lowest BCUT2D eigenvalue weighted by atomic mass is 10.1. The Hall–Kier alpha value is -1.85. The van der Waals surface area contributed by atoms with E-state index in [4.69, 9.17) is 5.10 Å². The molecule has 1 fully saturated rings. The second kappa shape index (κ2) is 7.80. The molecule has 5 nitrogen and oxygen atoms in total. The molecule has 0 spiro atoms. The van der Waals surface area contributed by atoms with Crippen LogP contribution in [0.1, 0.15) is 47.6 Å². The van der Waals surface area contributed by atoms with Gasteiger partial charge in [0, 0.05) is 36.9 Å². The van der Waals surface area contributed by atoms with Crippen LogP contribution < -0.4 is 5.32 Å². The molecule has 1 amide bonds. The van der Waals surface area contributed by atoms with Gasteiger partial charge in [-0.3, -0.25) is 4.79 Å². The van der Waals surface area contributed by atoms with Crippen molar-refractivity contribution in [2.45, 2.75) is 45.6 Å². The molecule has 2 aromatic rings. The Morgan fingerprint density at radius 3 is 2.73 bits per heavy atom. The van der Waals surface area contributed by atoms with Gasteiger partial charge in [-0.05, 0) is 50.3 Å². The molecular formula is C20H27ClN4O. The fraction of sp³-hybridized carbons (Fsp3) is 0.500. The number of fused-ring (bicyclic) bond motifs is 1. The Morgan fingerprint density at radius 1 is 1.27 bits per heavy atom. The average molecular weight is 375 g/mol. The van der Waals surface area contributed by atoms with Crippen LogP contribution in [0.4, 0.5) is 0 Å². The zero-order valence-corrected chi connectivity index (χ0v) is 16.3. The number of piperazine rings is 1. The highest BCUT2D eigenvalue weighted by Crippen LogP contribution is 2.29. The van der Waals surface area contributed by atoms with Gasteiger partial charge in [-0.1, -0.05) is 19.1 Å². The summed E-state index contributed by atoms with van der Waals surface area (Å²) in [5, 5.41) is 8.12. The third-order valence-corrected chi connectivity index (χ3v) is 5.48. The van der Waals surface area contributed by atoms with Gasteiger partial charge in [0.1, 0.15) is 0 Å². The monoisotopic (exact) mass is 374 g/mol. The van der Waals surface area contributed by atoms with Crippen LogP contribution in [0.25, 0.3) is 5.69 Å². The molecule has 0 bridgehead atoms. The van der Waals surface area contributed by atoms with Crippen LogP contribution in [0, 0.1) is 0 Å². The van der Waals surface area contributed by atoms with Crippen molar-refractivity contribution in [1.29, 1.82) is 0 Å². The summed E-state index contributed by atoms with van der Waals surface area (Å²) >= 11 is 0. The van der Waals surface area contributed by atoms with Crippen LogP contribution in [-0.4, -0.2) is 46.3 Å². The number of rotatable bonds is 3. The van der Waals surface area contributed by atoms with E-state index in [1.165, 1.54) is 11.3 Å². The molecule has 1 aromatic heterocycles. The maximum absolute atomic E-state index is 13.1. The van der Waals surface area contributed by atoms with E-state index in [1.54, 1.807) is 0 Å². The van der Waals surface area contributed by atoms with Gasteiger partial charge in [0.15, 0.2) is 5.69 Å². The predicted molar refractivity (Wildman–Crippen MR) is 106 cm³/mol. The van der Waals surface area contributed by atoms with Crippen molar-refractivity contribution >= 4 is 18.3 Å². The number of carbonyl (C=O) groups is 1. The normalized spacial score (nSPS) is 19.2. The topological polar surface area (TPSA) is 50.2 Å². The van der Waals surface area contributed by atoms with E-state index >= 15 is 0 Å². The number of amides is 1. The van der Waals surface area contributed by atoms with E-state index in [0.29, 0.717) is 5.69 Å². The molecule has 1 N–H and O–H groups in total. The van der Waals surface area contributed by atoms with Crippen molar-refractivity contribution in [2.75, 3.05) is 19.6 Å². The Labute approximate surface area is 161 Å². The van der Waals surface area contributed by atoms with Crippen molar-refractivity contribution < 1.29 is 4.79 Å². The fourth-order valence-corrected chi connectivity index (χ4v) is 3.97. The third kappa shape index (κ3) is 3.26. The number of carbonyl (C=O) groups excluding carboxylic acids is 1. The summed E-state index contributed by atoms with van der Waals surface area (Å²) in [6, 6.07) is 8.75. The lowest BCUT2D eigenvalue weighted by Crippen LogP contribution is -2.52. The minimum Gasteiger partial charge on any atom is -0.332 e. The predicted octanol–water partition coefficient (Wildman–Crippen LogP) is 2.78. The van der Waals surface area contributed by atoms with Crippen LogP contribution in [0.2, 0.25) is 0 Å². The van der Waals surface area contributed by atoms with Gasteiger partial charge in [-0.2, -0.15) is 5.10 Å². The molecule has 1 aliphatic heterocycles. The van der Waals surface area contributed by atoms with Crippen LogP contribution in [0.5, 0.6) is 0 Å². The molecule has 1 aliphatic carbocycles. The molecule has 0 saturated carbocycles. The quantitative estimate of drug-likeness (QED) is 0.898. The van der Waals surface area contributed by atoms with Crippen molar-refractivity contribution in [3.63, 3.8) is 0 Å². The summed E-state index contributed by atoms with van der Waals surface area (Å²) in [5.74, 6) is 0.0936. The van der Waals surface area contributed by atoms with Gasteiger partial charge in [0.05, 0.1) is 5.69 Å². The first-order chi connectivity index (χ1) is 12.2. The maximum atomic E-state index is 13.1. The number of nitrogens with one attached hydrogen (secondary N) is 1. The van der Waals surface area contributed by atoms with Crippen molar-refractivity contribution in [2.24, 2.45) is 0 Å². The van der Waals surface area contributed by atoms with Gasteiger partial charge >= 0.3 is 0 Å². The second-order valence-electron chi connectivity index (χ2n) is 7.11. The fourth-order valence-electron chi connectivity index (χ4n) is 3.97. The number of aryl methyl sites for hydroxylation is 1. The Kier molecular flexibility index (Phi) is 5.68. The van der Waals surface area contributed by atoms with E-state index < -0.39 is 0 Å². The highest BCUT2D eigenvalue weighted by Gasteiger charge is 2.32. The summed E-state index contributed by atoms with van der Waals surface area (Å²) in [6.07, 6.45) is 4.10. The largest absolute Gasteiger partial charge is 0.332 e. The summed E-state index contributed by atoms with van der Waals surface area (Å²) < 4.78 is 2.00. The molecule has 1 atom stereocenters. The van der Waals surface area contributed by atoms with Gasteiger partial charge in [0.25, 0.3) is 5.91 Å². The Morgan fingerprint density at radius 2 is 2.04 bits per heavy atom. The molecule has 4 rings (SSSR count). The van der Waals surface area contributed by atoms with Gasteiger partial charge in [-0.15, -0.1) is 12.4 Å². The standard InChI is InChI=1S/C20H26N4O.ClH/c1-3-15-7-9-16(10-8-15)24-18-6-4-5-17(18)19(22-24)20(25)23-12-11-21-13-14(23)2;/h7-10,14,21H,3-6,11-13H2,1-2H3;1H/t14-;/m1./s1. The first-order valence-corrected chi connectivity index (χ1v) is 9.40. The van der Waals surface area contributed by atoms with E-state index in [0.717, 1.165) is 56.6 Å². The second-order valence-corrected chi connectivity index (χ2v) is 7.11. The van der Waals surface area contributed by atoms with Crippen LogP contribution in [0.15, 0.2) is 24.3 Å². The highest BCUT2D eigenvalue weighted by molar-refractivity contribution is 5.94. The van der Waals surface area contributed by atoms with E-state index in [1.807, 2.05) is 9.58 Å². The van der Waals surface area contributed by atoms with E-state index in [-0.39, 0.29) is 24.4 Å². The molecule has 2 aliphatic rings. The average Bonchev–Trinajstić information content (AvgIpc) is 3.24. The molecular weight excluding hydrogens is 348 g/mol. The number of hydrogen-bond donors (Lipinski definition) is 1. The smallest absolute Gasteiger partial charge is 0.274 e. The molecule has 6 heteroatoms. The number of hydrogen-bond acceptors (Lipinski definition) is 3. The van der Waals surface area contributed by atoms with Crippen LogP contribution >= 0.6 is 12.4 Å². The van der Waals surface area contributed by atoms with Crippen molar-refractivity contribution in [3.8, 4) is 5.69 Å². The molecule has 2 heterocycles. The maximum Gasteiger partial charge on any atom is 0.274 e. The molecule has 0 unspecified atom stereocenters. The van der Waals surface area contributed by atoms with Gasteiger partial charge in [-0.25, -0.2) is 4.68 Å². The van der Waals surface area contributed by atoms with Gasteiger partial charge < -0.3 is 10.2 Å². The molecule has 26 heavy (non-hydrogen) atoms. The highest BCUT2D eigenvalue weighted by atomic mass is 35.5. The minimum absolute atomic E-state index is 0. The molecule has 1 saturated heterocycles.